The van der Waals surface area contributed by atoms with Gasteiger partial charge in [0.15, 0.2) is 0 Å². The molecule has 1 N–H and O–H groups in total. The first-order valence-electron chi connectivity index (χ1n) is 8.53. The van der Waals surface area contributed by atoms with Crippen molar-refractivity contribution in [3.8, 4) is 0 Å². The highest BCUT2D eigenvalue weighted by atomic mass is 35.5. The van der Waals surface area contributed by atoms with E-state index >= 15 is 0 Å². The van der Waals surface area contributed by atoms with Crippen molar-refractivity contribution >= 4 is 28.9 Å². The zero-order valence-electron chi connectivity index (χ0n) is 15.2. The molecule has 0 saturated carbocycles. The van der Waals surface area contributed by atoms with E-state index in [0.29, 0.717) is 10.7 Å². The largest absolute Gasteiger partial charge is 0.309 e. The van der Waals surface area contributed by atoms with Crippen molar-refractivity contribution in [1.29, 1.82) is 5.41 Å². The van der Waals surface area contributed by atoms with Gasteiger partial charge in [-0.1, -0.05) is 61.3 Å². The van der Waals surface area contributed by atoms with Crippen LogP contribution in [0.15, 0.2) is 36.4 Å². The van der Waals surface area contributed by atoms with Crippen LogP contribution in [0.2, 0.25) is 10.0 Å². The standard InChI is InChI=1S/C21H24Cl2N2/c1-13(24)21(2,3)19-8-6-5-7-15(19)17-11-25(4)12-18-16(17)9-14(22)10-20(18)23/h5-10,17,24H,11-12H2,1-4H3. The summed E-state index contributed by atoms with van der Waals surface area (Å²) in [4.78, 5) is 2.30. The molecule has 2 aromatic rings. The third-order valence-corrected chi connectivity index (χ3v) is 5.99. The Morgan fingerprint density at radius 2 is 1.84 bits per heavy atom. The number of nitrogens with zero attached hydrogens (tertiary/aromatic N) is 1. The first kappa shape index (κ1) is 18.4. The van der Waals surface area contributed by atoms with Gasteiger partial charge in [-0.3, -0.25) is 0 Å². The van der Waals surface area contributed by atoms with E-state index in [2.05, 4.69) is 56.1 Å². The van der Waals surface area contributed by atoms with Crippen LogP contribution in [0.5, 0.6) is 0 Å². The molecule has 2 aromatic carbocycles. The lowest BCUT2D eigenvalue weighted by Gasteiger charge is -2.36. The van der Waals surface area contributed by atoms with Gasteiger partial charge in [-0.05, 0) is 48.4 Å². The number of rotatable bonds is 3. The molecule has 1 aliphatic rings. The van der Waals surface area contributed by atoms with Gasteiger partial charge in [-0.15, -0.1) is 0 Å². The Balaban J connectivity index is 2.21. The van der Waals surface area contributed by atoms with Gasteiger partial charge < -0.3 is 10.3 Å². The first-order valence-corrected chi connectivity index (χ1v) is 9.28. The van der Waals surface area contributed by atoms with E-state index in [0.717, 1.165) is 23.7 Å². The average Bonchev–Trinajstić information content (AvgIpc) is 2.55. The van der Waals surface area contributed by atoms with Crippen LogP contribution in [-0.2, 0) is 12.0 Å². The number of hydrogen-bond donors (Lipinski definition) is 1. The topological polar surface area (TPSA) is 27.1 Å². The molecule has 4 heteroatoms. The van der Waals surface area contributed by atoms with Crippen molar-refractivity contribution in [3.05, 3.63) is 68.7 Å². The van der Waals surface area contributed by atoms with Crippen LogP contribution in [0.3, 0.4) is 0 Å². The molecule has 0 aromatic heterocycles. The minimum Gasteiger partial charge on any atom is -0.309 e. The van der Waals surface area contributed by atoms with E-state index in [1.807, 2.05) is 13.0 Å². The van der Waals surface area contributed by atoms with Crippen LogP contribution >= 0.6 is 23.2 Å². The SMILES string of the molecule is CC(=N)C(C)(C)c1ccccc1C1CN(C)Cc2c(Cl)cc(Cl)cc21. The van der Waals surface area contributed by atoms with Gasteiger partial charge in [0, 0.05) is 40.2 Å². The Hall–Kier alpha value is -1.35. The van der Waals surface area contributed by atoms with Crippen LogP contribution in [0.4, 0.5) is 0 Å². The number of benzene rings is 2. The summed E-state index contributed by atoms with van der Waals surface area (Å²) in [5.74, 6) is 0.194. The summed E-state index contributed by atoms with van der Waals surface area (Å²) < 4.78 is 0. The second-order valence-corrected chi connectivity index (χ2v) is 8.39. The Morgan fingerprint density at radius 1 is 1.16 bits per heavy atom. The van der Waals surface area contributed by atoms with E-state index < -0.39 is 0 Å². The maximum atomic E-state index is 8.25. The lowest BCUT2D eigenvalue weighted by molar-refractivity contribution is 0.294. The normalized spacial score (nSPS) is 18.1. The smallest absolute Gasteiger partial charge is 0.0468 e. The molecule has 0 fully saturated rings. The van der Waals surface area contributed by atoms with E-state index in [4.69, 9.17) is 28.6 Å². The maximum absolute atomic E-state index is 8.25. The number of hydrogen-bond acceptors (Lipinski definition) is 2. The summed E-state index contributed by atoms with van der Waals surface area (Å²) in [7, 11) is 2.12. The fourth-order valence-electron chi connectivity index (χ4n) is 3.68. The molecular weight excluding hydrogens is 351 g/mol. The van der Waals surface area contributed by atoms with Gasteiger partial charge in [-0.25, -0.2) is 0 Å². The Morgan fingerprint density at radius 3 is 2.52 bits per heavy atom. The molecule has 0 saturated heterocycles. The zero-order valence-corrected chi connectivity index (χ0v) is 16.7. The second kappa shape index (κ2) is 6.75. The molecule has 0 spiro atoms. The van der Waals surface area contributed by atoms with Crippen molar-refractivity contribution in [3.63, 3.8) is 0 Å². The molecule has 2 nitrogen and oxygen atoms in total. The fraction of sp³-hybridized carbons (Fsp3) is 0.381. The molecule has 0 aliphatic carbocycles. The second-order valence-electron chi connectivity index (χ2n) is 7.54. The van der Waals surface area contributed by atoms with Crippen molar-refractivity contribution in [2.24, 2.45) is 0 Å². The van der Waals surface area contributed by atoms with Gasteiger partial charge in [0.1, 0.15) is 0 Å². The molecule has 1 atom stereocenters. The van der Waals surface area contributed by atoms with E-state index in [-0.39, 0.29) is 11.3 Å². The summed E-state index contributed by atoms with van der Waals surface area (Å²) in [6.45, 7) is 7.86. The van der Waals surface area contributed by atoms with Crippen LogP contribution in [0.1, 0.15) is 48.9 Å². The summed E-state index contributed by atoms with van der Waals surface area (Å²) >= 11 is 12.8. The van der Waals surface area contributed by atoms with Crippen LogP contribution in [0.25, 0.3) is 0 Å². The summed E-state index contributed by atoms with van der Waals surface area (Å²) in [5, 5.41) is 9.66. The number of nitrogens with one attached hydrogen (secondary N) is 1. The number of fused-ring (bicyclic) bond motifs is 1. The minimum atomic E-state index is -0.310. The van der Waals surface area contributed by atoms with Gasteiger partial charge in [-0.2, -0.15) is 0 Å². The van der Waals surface area contributed by atoms with Crippen LogP contribution in [-0.4, -0.2) is 24.2 Å². The molecule has 1 heterocycles. The third kappa shape index (κ3) is 3.36. The highest BCUT2D eigenvalue weighted by molar-refractivity contribution is 6.35. The van der Waals surface area contributed by atoms with Gasteiger partial charge in [0.25, 0.3) is 0 Å². The molecule has 132 valence electrons. The highest BCUT2D eigenvalue weighted by Crippen LogP contribution is 2.41. The molecule has 1 aliphatic heterocycles. The molecule has 1 unspecified atom stereocenters. The Labute approximate surface area is 160 Å². The van der Waals surface area contributed by atoms with E-state index in [9.17, 15) is 0 Å². The molecule has 25 heavy (non-hydrogen) atoms. The van der Waals surface area contributed by atoms with Crippen molar-refractivity contribution in [1.82, 2.24) is 4.90 Å². The number of halogens is 2. The van der Waals surface area contributed by atoms with E-state index in [1.165, 1.54) is 16.7 Å². The van der Waals surface area contributed by atoms with Crippen LogP contribution < -0.4 is 0 Å². The first-order chi connectivity index (χ1) is 11.7. The van der Waals surface area contributed by atoms with Gasteiger partial charge >= 0.3 is 0 Å². The predicted molar refractivity (Wildman–Crippen MR) is 108 cm³/mol. The molecule has 3 rings (SSSR count). The molecule has 0 radical (unpaired) electrons. The van der Waals surface area contributed by atoms with Gasteiger partial charge in [0.05, 0.1) is 0 Å². The number of likely N-dealkylation sites (N-methyl/N-ethyl adjacent to an activating group) is 1. The van der Waals surface area contributed by atoms with Crippen LogP contribution in [0, 0.1) is 5.41 Å². The lowest BCUT2D eigenvalue weighted by Crippen LogP contribution is -2.34. The third-order valence-electron chi connectivity index (χ3n) is 5.44. The van der Waals surface area contributed by atoms with Gasteiger partial charge in [0.2, 0.25) is 0 Å². The summed E-state index contributed by atoms with van der Waals surface area (Å²) in [6.07, 6.45) is 0. The minimum absolute atomic E-state index is 0.194. The quantitative estimate of drug-likeness (QED) is 0.666. The monoisotopic (exact) mass is 374 g/mol. The summed E-state index contributed by atoms with van der Waals surface area (Å²) in [6, 6.07) is 12.4. The Kier molecular flexibility index (Phi) is 4.98. The fourth-order valence-corrected chi connectivity index (χ4v) is 4.25. The zero-order chi connectivity index (χ0) is 18.4. The predicted octanol–water partition coefficient (Wildman–Crippen LogP) is 5.89. The van der Waals surface area contributed by atoms with Crippen molar-refractivity contribution < 1.29 is 0 Å². The summed E-state index contributed by atoms with van der Waals surface area (Å²) in [5.41, 5.74) is 5.17. The average molecular weight is 375 g/mol. The molecule has 0 amide bonds. The Bertz CT molecular complexity index is 827. The van der Waals surface area contributed by atoms with Crippen molar-refractivity contribution in [2.45, 2.75) is 38.6 Å². The maximum Gasteiger partial charge on any atom is 0.0468 e. The lowest BCUT2D eigenvalue weighted by atomic mass is 9.73. The highest BCUT2D eigenvalue weighted by Gasteiger charge is 2.32. The van der Waals surface area contributed by atoms with Crippen molar-refractivity contribution in [2.75, 3.05) is 13.6 Å². The molecular formula is C21H24Cl2N2. The van der Waals surface area contributed by atoms with E-state index in [1.54, 1.807) is 0 Å². The molecule has 0 bridgehead atoms.